The lowest BCUT2D eigenvalue weighted by molar-refractivity contribution is 0.209. The zero-order valence-electron chi connectivity index (χ0n) is 13.4. The van der Waals surface area contributed by atoms with Gasteiger partial charge in [0, 0.05) is 5.56 Å². The fourth-order valence-corrected chi connectivity index (χ4v) is 2.27. The normalized spacial score (nSPS) is 12.1. The standard InChI is InChI=1S/C19H24FNO/c1-3-4-5-6-16-7-9-17(10-8-16)19-12-11-18(13-21-19)22-14-15(2)20/h7-13,15H,3-6,14H2,1-2H3. The molecule has 2 aromatic rings. The van der Waals surface area contributed by atoms with Crippen molar-refractivity contribution in [3.63, 3.8) is 0 Å². The second-order valence-electron chi connectivity index (χ2n) is 5.62. The highest BCUT2D eigenvalue weighted by atomic mass is 19.1. The van der Waals surface area contributed by atoms with Crippen LogP contribution in [0.1, 0.15) is 38.7 Å². The molecule has 2 rings (SSSR count). The van der Waals surface area contributed by atoms with Gasteiger partial charge in [0.25, 0.3) is 0 Å². The van der Waals surface area contributed by atoms with Crippen LogP contribution in [0.15, 0.2) is 42.6 Å². The van der Waals surface area contributed by atoms with Crippen molar-refractivity contribution < 1.29 is 9.13 Å². The molecule has 1 unspecified atom stereocenters. The first-order chi connectivity index (χ1) is 10.7. The van der Waals surface area contributed by atoms with Gasteiger partial charge in [0.2, 0.25) is 0 Å². The summed E-state index contributed by atoms with van der Waals surface area (Å²) in [6.07, 6.45) is 5.58. The number of unbranched alkanes of at least 4 members (excludes halogenated alkanes) is 2. The number of nitrogens with zero attached hydrogens (tertiary/aromatic N) is 1. The van der Waals surface area contributed by atoms with Crippen LogP contribution in [0.4, 0.5) is 4.39 Å². The van der Waals surface area contributed by atoms with E-state index >= 15 is 0 Å². The first kappa shape index (κ1) is 16.5. The van der Waals surface area contributed by atoms with Crippen LogP contribution in [0.2, 0.25) is 0 Å². The largest absolute Gasteiger partial charge is 0.489 e. The Morgan fingerprint density at radius 3 is 2.45 bits per heavy atom. The molecule has 0 bridgehead atoms. The van der Waals surface area contributed by atoms with Crippen molar-refractivity contribution in [3.8, 4) is 17.0 Å². The SMILES string of the molecule is CCCCCc1ccc(-c2ccc(OCC(C)F)cn2)cc1. The topological polar surface area (TPSA) is 22.1 Å². The number of aromatic nitrogens is 1. The van der Waals surface area contributed by atoms with E-state index in [1.54, 1.807) is 6.20 Å². The molecule has 2 nitrogen and oxygen atoms in total. The second kappa shape index (κ2) is 8.52. The second-order valence-corrected chi connectivity index (χ2v) is 5.62. The number of rotatable bonds is 8. The number of ether oxygens (including phenoxy) is 1. The van der Waals surface area contributed by atoms with Crippen LogP contribution in [0, 0.1) is 0 Å². The van der Waals surface area contributed by atoms with Crippen molar-refractivity contribution in [2.24, 2.45) is 0 Å². The molecule has 0 aliphatic heterocycles. The van der Waals surface area contributed by atoms with E-state index in [-0.39, 0.29) is 6.61 Å². The van der Waals surface area contributed by atoms with Gasteiger partial charge in [-0.1, -0.05) is 44.0 Å². The van der Waals surface area contributed by atoms with Gasteiger partial charge in [-0.05, 0) is 37.5 Å². The maximum absolute atomic E-state index is 12.7. The molecule has 1 aromatic heterocycles. The third kappa shape index (κ3) is 5.14. The van der Waals surface area contributed by atoms with Crippen molar-refractivity contribution >= 4 is 0 Å². The van der Waals surface area contributed by atoms with E-state index in [2.05, 4.69) is 36.2 Å². The zero-order chi connectivity index (χ0) is 15.8. The summed E-state index contributed by atoms with van der Waals surface area (Å²) >= 11 is 0. The lowest BCUT2D eigenvalue weighted by Crippen LogP contribution is -2.08. The Balaban J connectivity index is 1.96. The van der Waals surface area contributed by atoms with Crippen LogP contribution in [0.25, 0.3) is 11.3 Å². The Morgan fingerprint density at radius 1 is 1.09 bits per heavy atom. The molecule has 0 saturated heterocycles. The van der Waals surface area contributed by atoms with Crippen LogP contribution < -0.4 is 4.74 Å². The van der Waals surface area contributed by atoms with E-state index < -0.39 is 6.17 Å². The highest BCUT2D eigenvalue weighted by Crippen LogP contribution is 2.21. The highest BCUT2D eigenvalue weighted by Gasteiger charge is 2.03. The number of pyridine rings is 1. The van der Waals surface area contributed by atoms with Crippen molar-refractivity contribution in [2.45, 2.75) is 45.7 Å². The van der Waals surface area contributed by atoms with E-state index in [1.165, 1.54) is 31.7 Å². The average molecular weight is 301 g/mol. The van der Waals surface area contributed by atoms with Gasteiger partial charge in [0.1, 0.15) is 18.5 Å². The molecule has 3 heteroatoms. The van der Waals surface area contributed by atoms with E-state index in [4.69, 9.17) is 4.74 Å². The van der Waals surface area contributed by atoms with E-state index in [0.717, 1.165) is 17.7 Å². The van der Waals surface area contributed by atoms with Gasteiger partial charge in [-0.3, -0.25) is 4.98 Å². The van der Waals surface area contributed by atoms with Crippen LogP contribution in [-0.4, -0.2) is 17.8 Å². The van der Waals surface area contributed by atoms with Crippen LogP contribution in [0.5, 0.6) is 5.75 Å². The predicted molar refractivity (Wildman–Crippen MR) is 89.0 cm³/mol. The minimum absolute atomic E-state index is 0.0630. The molecule has 0 aliphatic carbocycles. The number of aryl methyl sites for hydroxylation is 1. The molecule has 118 valence electrons. The molecular formula is C19H24FNO. The Morgan fingerprint density at radius 2 is 1.86 bits per heavy atom. The number of hydrogen-bond acceptors (Lipinski definition) is 2. The summed E-state index contributed by atoms with van der Waals surface area (Å²) in [5.74, 6) is 0.601. The van der Waals surface area contributed by atoms with Crippen molar-refractivity contribution in [3.05, 3.63) is 48.2 Å². The molecule has 0 aliphatic rings. The van der Waals surface area contributed by atoms with E-state index in [9.17, 15) is 4.39 Å². The summed E-state index contributed by atoms with van der Waals surface area (Å²) in [7, 11) is 0. The fourth-order valence-electron chi connectivity index (χ4n) is 2.27. The van der Waals surface area contributed by atoms with Gasteiger partial charge >= 0.3 is 0 Å². The minimum Gasteiger partial charge on any atom is -0.489 e. The zero-order valence-corrected chi connectivity index (χ0v) is 13.4. The van der Waals surface area contributed by atoms with Gasteiger partial charge in [0.15, 0.2) is 0 Å². The Hall–Kier alpha value is -1.90. The van der Waals surface area contributed by atoms with Crippen molar-refractivity contribution in [1.82, 2.24) is 4.98 Å². The van der Waals surface area contributed by atoms with Crippen LogP contribution in [0.3, 0.4) is 0 Å². The Labute approximate surface area is 132 Å². The summed E-state index contributed by atoms with van der Waals surface area (Å²) in [5, 5.41) is 0. The summed E-state index contributed by atoms with van der Waals surface area (Å²) in [5.41, 5.74) is 3.36. The molecule has 0 fully saturated rings. The maximum atomic E-state index is 12.7. The summed E-state index contributed by atoms with van der Waals surface area (Å²) < 4.78 is 18.0. The first-order valence-electron chi connectivity index (χ1n) is 8.01. The maximum Gasteiger partial charge on any atom is 0.137 e. The molecule has 0 saturated carbocycles. The Bertz CT molecular complexity index is 549. The lowest BCUT2D eigenvalue weighted by Gasteiger charge is -2.08. The highest BCUT2D eigenvalue weighted by molar-refractivity contribution is 5.59. The molecule has 1 heterocycles. The third-order valence-electron chi connectivity index (χ3n) is 3.53. The number of alkyl halides is 1. The van der Waals surface area contributed by atoms with Crippen molar-refractivity contribution in [1.29, 1.82) is 0 Å². The summed E-state index contributed by atoms with van der Waals surface area (Å²) in [6.45, 7) is 3.76. The summed E-state index contributed by atoms with van der Waals surface area (Å²) in [4.78, 5) is 4.38. The van der Waals surface area contributed by atoms with Crippen molar-refractivity contribution in [2.75, 3.05) is 6.61 Å². The number of benzene rings is 1. The van der Waals surface area contributed by atoms with Crippen LogP contribution in [-0.2, 0) is 6.42 Å². The van der Waals surface area contributed by atoms with E-state index in [1.807, 2.05) is 12.1 Å². The smallest absolute Gasteiger partial charge is 0.137 e. The average Bonchev–Trinajstić information content (AvgIpc) is 2.54. The molecule has 0 spiro atoms. The number of hydrogen-bond donors (Lipinski definition) is 0. The molecule has 1 atom stereocenters. The van der Waals surface area contributed by atoms with Gasteiger partial charge in [0.05, 0.1) is 11.9 Å². The van der Waals surface area contributed by atoms with E-state index in [0.29, 0.717) is 5.75 Å². The third-order valence-corrected chi connectivity index (χ3v) is 3.53. The quantitative estimate of drug-likeness (QED) is 0.624. The molecular weight excluding hydrogens is 277 g/mol. The van der Waals surface area contributed by atoms with Gasteiger partial charge < -0.3 is 4.74 Å². The lowest BCUT2D eigenvalue weighted by atomic mass is 10.0. The Kier molecular flexibility index (Phi) is 6.38. The predicted octanol–water partition coefficient (Wildman–Crippen LogP) is 5.22. The molecule has 0 amide bonds. The monoisotopic (exact) mass is 301 g/mol. The minimum atomic E-state index is -0.972. The number of halogens is 1. The van der Waals surface area contributed by atoms with Gasteiger partial charge in [-0.2, -0.15) is 0 Å². The van der Waals surface area contributed by atoms with Gasteiger partial charge in [-0.15, -0.1) is 0 Å². The molecule has 0 radical (unpaired) electrons. The summed E-state index contributed by atoms with van der Waals surface area (Å²) in [6, 6.07) is 12.3. The molecule has 22 heavy (non-hydrogen) atoms. The fraction of sp³-hybridized carbons (Fsp3) is 0.421. The molecule has 0 N–H and O–H groups in total. The first-order valence-corrected chi connectivity index (χ1v) is 8.01. The molecule has 1 aromatic carbocycles. The van der Waals surface area contributed by atoms with Crippen LogP contribution >= 0.6 is 0 Å². The van der Waals surface area contributed by atoms with Gasteiger partial charge in [-0.25, -0.2) is 4.39 Å².